The largest absolute Gasteiger partial charge is 0.330 e. The minimum atomic E-state index is -3.96. The van der Waals surface area contributed by atoms with Crippen molar-refractivity contribution in [2.24, 2.45) is 5.92 Å². The highest BCUT2D eigenvalue weighted by molar-refractivity contribution is 7.89. The number of nitrogens with zero attached hydrogens (tertiary/aromatic N) is 4. The van der Waals surface area contributed by atoms with E-state index in [2.05, 4.69) is 4.98 Å². The fourth-order valence-corrected chi connectivity index (χ4v) is 5.66. The molecule has 0 spiro atoms. The van der Waals surface area contributed by atoms with Crippen LogP contribution in [0.15, 0.2) is 52.3 Å². The number of hydrogen-bond donors (Lipinski definition) is 0. The molecule has 2 fully saturated rings. The van der Waals surface area contributed by atoms with Crippen molar-refractivity contribution < 1.29 is 12.8 Å². The maximum absolute atomic E-state index is 14.1. The molecule has 1 saturated carbocycles. The number of fused-ring (bicyclic) bond motifs is 1. The highest BCUT2D eigenvalue weighted by Crippen LogP contribution is 2.33. The summed E-state index contributed by atoms with van der Waals surface area (Å²) in [5, 5.41) is 0. The molecule has 29 heavy (non-hydrogen) atoms. The van der Waals surface area contributed by atoms with Gasteiger partial charge in [0.15, 0.2) is 5.65 Å². The first-order chi connectivity index (χ1) is 14.0. The molecule has 1 aliphatic carbocycles. The maximum atomic E-state index is 14.1. The van der Waals surface area contributed by atoms with Gasteiger partial charge in [-0.15, -0.1) is 0 Å². The van der Waals surface area contributed by atoms with Crippen LogP contribution in [-0.4, -0.2) is 39.9 Å². The molecule has 1 aromatic carbocycles. The average Bonchev–Trinajstić information content (AvgIpc) is 3.32. The van der Waals surface area contributed by atoms with E-state index in [1.54, 1.807) is 21.4 Å². The Balaban J connectivity index is 1.51. The predicted molar refractivity (Wildman–Crippen MR) is 106 cm³/mol. The summed E-state index contributed by atoms with van der Waals surface area (Å²) in [6.07, 6.45) is 4.37. The minimum absolute atomic E-state index is 0.121. The Morgan fingerprint density at radius 3 is 2.66 bits per heavy atom. The summed E-state index contributed by atoms with van der Waals surface area (Å²) >= 11 is 0. The van der Waals surface area contributed by atoms with Crippen molar-refractivity contribution in [3.63, 3.8) is 0 Å². The lowest BCUT2D eigenvalue weighted by Crippen LogP contribution is -2.32. The summed E-state index contributed by atoms with van der Waals surface area (Å²) in [5.41, 5.74) is 1.20. The Kier molecular flexibility index (Phi) is 4.32. The third-order valence-corrected chi connectivity index (χ3v) is 7.70. The van der Waals surface area contributed by atoms with E-state index < -0.39 is 15.8 Å². The van der Waals surface area contributed by atoms with Gasteiger partial charge in [-0.3, -0.25) is 9.13 Å². The van der Waals surface area contributed by atoms with Crippen molar-refractivity contribution in [1.82, 2.24) is 18.4 Å². The number of imidazole rings is 1. The molecular weight excluding hydrogens is 395 g/mol. The summed E-state index contributed by atoms with van der Waals surface area (Å²) < 4.78 is 44.6. The van der Waals surface area contributed by atoms with E-state index in [4.69, 9.17) is 0 Å². The molecule has 1 aliphatic heterocycles. The average molecular weight is 416 g/mol. The summed E-state index contributed by atoms with van der Waals surface area (Å²) in [6.45, 7) is 1.02. The van der Waals surface area contributed by atoms with Crippen LogP contribution in [0.2, 0.25) is 0 Å². The van der Waals surface area contributed by atoms with E-state index in [1.165, 1.54) is 22.5 Å². The SMILES string of the molecule is O=c1n(CC2CC2)c2cccnc2n1C1CCN(S(=O)(=O)c2ccccc2F)C1. The van der Waals surface area contributed by atoms with E-state index in [0.29, 0.717) is 24.5 Å². The van der Waals surface area contributed by atoms with E-state index in [1.807, 2.05) is 6.07 Å². The van der Waals surface area contributed by atoms with Crippen LogP contribution in [0.1, 0.15) is 25.3 Å². The van der Waals surface area contributed by atoms with Gasteiger partial charge in [-0.1, -0.05) is 12.1 Å². The first kappa shape index (κ1) is 18.5. The Bertz CT molecular complexity index is 1250. The monoisotopic (exact) mass is 416 g/mol. The lowest BCUT2D eigenvalue weighted by atomic mass is 10.2. The molecule has 152 valence electrons. The number of pyridine rings is 1. The molecule has 2 aliphatic rings. The van der Waals surface area contributed by atoms with Crippen LogP contribution in [-0.2, 0) is 16.6 Å². The smallest absolute Gasteiger partial charge is 0.290 e. The van der Waals surface area contributed by atoms with E-state index in [0.717, 1.165) is 24.4 Å². The van der Waals surface area contributed by atoms with Gasteiger partial charge in [-0.25, -0.2) is 22.6 Å². The first-order valence-corrected chi connectivity index (χ1v) is 11.2. The molecule has 0 bridgehead atoms. The van der Waals surface area contributed by atoms with Crippen molar-refractivity contribution in [2.45, 2.75) is 36.7 Å². The van der Waals surface area contributed by atoms with Crippen LogP contribution in [0, 0.1) is 11.7 Å². The normalized spacial score (nSPS) is 20.5. The Morgan fingerprint density at radius 2 is 1.90 bits per heavy atom. The second-order valence-corrected chi connectivity index (χ2v) is 9.70. The van der Waals surface area contributed by atoms with Gasteiger partial charge in [0.2, 0.25) is 10.0 Å². The molecule has 0 amide bonds. The van der Waals surface area contributed by atoms with Crippen LogP contribution < -0.4 is 5.69 Å². The van der Waals surface area contributed by atoms with Crippen molar-refractivity contribution in [3.8, 4) is 0 Å². The van der Waals surface area contributed by atoms with Crippen LogP contribution in [0.25, 0.3) is 11.2 Å². The Morgan fingerprint density at radius 1 is 1.10 bits per heavy atom. The summed E-state index contributed by atoms with van der Waals surface area (Å²) in [5.74, 6) is -0.246. The molecule has 5 rings (SSSR count). The molecule has 0 radical (unpaired) electrons. The van der Waals surface area contributed by atoms with Crippen LogP contribution in [0.3, 0.4) is 0 Å². The molecule has 3 heterocycles. The molecular formula is C20H21FN4O3S. The third kappa shape index (κ3) is 3.08. The van der Waals surface area contributed by atoms with Crippen LogP contribution in [0.4, 0.5) is 4.39 Å². The highest BCUT2D eigenvalue weighted by Gasteiger charge is 2.37. The van der Waals surface area contributed by atoms with Crippen molar-refractivity contribution >= 4 is 21.2 Å². The van der Waals surface area contributed by atoms with E-state index >= 15 is 0 Å². The van der Waals surface area contributed by atoms with E-state index in [9.17, 15) is 17.6 Å². The molecule has 1 saturated heterocycles. The molecule has 1 atom stereocenters. The maximum Gasteiger partial charge on any atom is 0.330 e. The topological polar surface area (TPSA) is 77.2 Å². The molecule has 3 aromatic rings. The van der Waals surface area contributed by atoms with Crippen molar-refractivity contribution in [1.29, 1.82) is 0 Å². The zero-order valence-electron chi connectivity index (χ0n) is 15.7. The number of benzene rings is 1. The standard InChI is InChI=1S/C20H21FN4O3S/c21-16-4-1-2-6-18(16)29(27,28)23-11-9-15(13-23)25-19-17(5-3-10-22-19)24(20(25)26)12-14-7-8-14/h1-6,10,14-15H,7-9,11-13H2. The van der Waals surface area contributed by atoms with Gasteiger partial charge >= 0.3 is 5.69 Å². The van der Waals surface area contributed by atoms with Gasteiger partial charge < -0.3 is 0 Å². The highest BCUT2D eigenvalue weighted by atomic mass is 32.2. The number of halogens is 1. The number of hydrogen-bond acceptors (Lipinski definition) is 4. The van der Waals surface area contributed by atoms with Gasteiger partial charge in [0.25, 0.3) is 0 Å². The number of sulfonamides is 1. The lowest BCUT2D eigenvalue weighted by molar-refractivity contribution is 0.442. The fourth-order valence-electron chi connectivity index (χ4n) is 4.11. The van der Waals surface area contributed by atoms with Crippen molar-refractivity contribution in [3.05, 3.63) is 58.9 Å². The molecule has 2 aromatic heterocycles. The second-order valence-electron chi connectivity index (χ2n) is 7.79. The molecule has 9 heteroatoms. The molecule has 7 nitrogen and oxygen atoms in total. The zero-order chi connectivity index (χ0) is 20.2. The van der Waals surface area contributed by atoms with Gasteiger partial charge in [-0.2, -0.15) is 4.31 Å². The quantitative estimate of drug-likeness (QED) is 0.640. The van der Waals surface area contributed by atoms with Gasteiger partial charge in [0.1, 0.15) is 10.7 Å². The van der Waals surface area contributed by atoms with Crippen LogP contribution in [0.5, 0.6) is 0 Å². The van der Waals surface area contributed by atoms with Crippen LogP contribution >= 0.6 is 0 Å². The summed E-state index contributed by atoms with van der Waals surface area (Å²) in [6, 6.07) is 8.73. The van der Waals surface area contributed by atoms with Crippen molar-refractivity contribution in [2.75, 3.05) is 13.1 Å². The molecule has 0 N–H and O–H groups in total. The number of rotatable bonds is 5. The van der Waals surface area contributed by atoms with E-state index in [-0.39, 0.29) is 29.7 Å². The van der Waals surface area contributed by atoms with Gasteiger partial charge in [0, 0.05) is 25.8 Å². The lowest BCUT2D eigenvalue weighted by Gasteiger charge is -2.17. The molecule has 1 unspecified atom stereocenters. The summed E-state index contributed by atoms with van der Waals surface area (Å²) in [4.78, 5) is 17.3. The zero-order valence-corrected chi connectivity index (χ0v) is 16.6. The fraction of sp³-hybridized carbons (Fsp3) is 0.400. The number of aromatic nitrogens is 3. The van der Waals surface area contributed by atoms with Gasteiger partial charge in [-0.05, 0) is 49.4 Å². The Labute approximate surface area is 167 Å². The predicted octanol–water partition coefficient (Wildman–Crippen LogP) is 2.38. The minimum Gasteiger partial charge on any atom is -0.290 e. The van der Waals surface area contributed by atoms with Gasteiger partial charge in [0.05, 0.1) is 11.6 Å². The first-order valence-electron chi connectivity index (χ1n) is 9.77. The summed E-state index contributed by atoms with van der Waals surface area (Å²) in [7, 11) is -3.96. The third-order valence-electron chi connectivity index (χ3n) is 5.81. The second kappa shape index (κ2) is 6.77. The Hall–Kier alpha value is -2.52.